The van der Waals surface area contributed by atoms with E-state index >= 15 is 0 Å². The highest BCUT2D eigenvalue weighted by Crippen LogP contribution is 2.30. The van der Waals surface area contributed by atoms with Gasteiger partial charge >= 0.3 is 0 Å². The van der Waals surface area contributed by atoms with E-state index in [-0.39, 0.29) is 18.0 Å². The van der Waals surface area contributed by atoms with Crippen LogP contribution in [0.1, 0.15) is 27.2 Å². The Bertz CT molecular complexity index is 1020. The summed E-state index contributed by atoms with van der Waals surface area (Å²) in [5.41, 5.74) is 3.85. The number of hydrogen-bond acceptors (Lipinski definition) is 4. The van der Waals surface area contributed by atoms with Gasteiger partial charge in [-0.25, -0.2) is 0 Å². The molecule has 3 aromatic rings. The number of carbonyl (C=O) groups is 2. The normalized spacial score (nSPS) is 10.6. The van der Waals surface area contributed by atoms with E-state index in [1.807, 2.05) is 32.0 Å². The topological polar surface area (TPSA) is 84.2 Å². The van der Waals surface area contributed by atoms with Crippen LogP contribution >= 0.6 is 11.6 Å². The first kappa shape index (κ1) is 19.6. The Morgan fingerprint density at radius 1 is 1.04 bits per heavy atom. The third-order valence-electron chi connectivity index (χ3n) is 4.37. The van der Waals surface area contributed by atoms with Crippen LogP contribution in [0.4, 0.5) is 5.69 Å². The number of hydrogen-bond donors (Lipinski definition) is 2. The number of rotatable bonds is 5. The molecule has 2 N–H and O–H groups in total. The van der Waals surface area contributed by atoms with Crippen LogP contribution in [0.3, 0.4) is 0 Å². The summed E-state index contributed by atoms with van der Waals surface area (Å²) in [5, 5.41) is 9.88. The Kier molecular flexibility index (Phi) is 5.80. The van der Waals surface area contributed by atoms with Gasteiger partial charge in [-0.3, -0.25) is 9.59 Å². The summed E-state index contributed by atoms with van der Waals surface area (Å²) in [6.45, 7) is 5.29. The van der Waals surface area contributed by atoms with Crippen molar-refractivity contribution < 1.29 is 14.1 Å². The molecule has 28 heavy (non-hydrogen) atoms. The lowest BCUT2D eigenvalue weighted by atomic mass is 10.1. The third-order valence-corrected chi connectivity index (χ3v) is 4.70. The Hall–Kier alpha value is -3.12. The molecule has 0 aliphatic carbocycles. The molecule has 7 heteroatoms. The van der Waals surface area contributed by atoms with Gasteiger partial charge in [-0.15, -0.1) is 0 Å². The van der Waals surface area contributed by atoms with E-state index in [4.69, 9.17) is 16.1 Å². The number of nitrogens with one attached hydrogen (secondary N) is 2. The fourth-order valence-corrected chi connectivity index (χ4v) is 3.15. The van der Waals surface area contributed by atoms with Gasteiger partial charge in [0.2, 0.25) is 5.91 Å². The first-order valence-corrected chi connectivity index (χ1v) is 9.11. The minimum absolute atomic E-state index is 0.181. The molecular weight excluding hydrogens is 378 g/mol. The van der Waals surface area contributed by atoms with Gasteiger partial charge in [0.15, 0.2) is 0 Å². The number of para-hydroxylation sites is 1. The highest BCUT2D eigenvalue weighted by Gasteiger charge is 2.23. The fourth-order valence-electron chi connectivity index (χ4n) is 2.92. The lowest BCUT2D eigenvalue weighted by Gasteiger charge is -2.12. The van der Waals surface area contributed by atoms with Crippen molar-refractivity contribution in [3.63, 3.8) is 0 Å². The average Bonchev–Trinajstić information content (AvgIpc) is 3.04. The van der Waals surface area contributed by atoms with Gasteiger partial charge in [-0.05, 0) is 38.0 Å². The van der Waals surface area contributed by atoms with Crippen LogP contribution in [0.15, 0.2) is 47.0 Å². The van der Waals surface area contributed by atoms with Gasteiger partial charge in [0, 0.05) is 11.3 Å². The van der Waals surface area contributed by atoms with Crippen molar-refractivity contribution in [2.24, 2.45) is 0 Å². The molecule has 1 heterocycles. The van der Waals surface area contributed by atoms with Crippen LogP contribution in [-0.4, -0.2) is 23.5 Å². The zero-order chi connectivity index (χ0) is 20.3. The molecule has 0 atom stereocenters. The van der Waals surface area contributed by atoms with Gasteiger partial charge in [0.05, 0.1) is 11.6 Å². The van der Waals surface area contributed by atoms with E-state index in [2.05, 4.69) is 15.8 Å². The van der Waals surface area contributed by atoms with E-state index in [1.54, 1.807) is 31.2 Å². The van der Waals surface area contributed by atoms with Crippen LogP contribution in [0, 0.1) is 20.8 Å². The summed E-state index contributed by atoms with van der Waals surface area (Å²) >= 11 is 6.21. The van der Waals surface area contributed by atoms with Crippen molar-refractivity contribution >= 4 is 29.1 Å². The molecule has 0 unspecified atom stereocenters. The van der Waals surface area contributed by atoms with Gasteiger partial charge < -0.3 is 15.2 Å². The van der Waals surface area contributed by atoms with Crippen LogP contribution in [0.2, 0.25) is 5.02 Å². The molecule has 2 aromatic carbocycles. The summed E-state index contributed by atoms with van der Waals surface area (Å²) in [5.74, 6) is -0.424. The highest BCUT2D eigenvalue weighted by atomic mass is 35.5. The summed E-state index contributed by atoms with van der Waals surface area (Å²) in [6, 6.07) is 12.8. The third kappa shape index (κ3) is 4.07. The molecular formula is C21H20ClN3O3. The second-order valence-corrected chi connectivity index (χ2v) is 6.85. The van der Waals surface area contributed by atoms with Crippen molar-refractivity contribution in [1.82, 2.24) is 10.5 Å². The largest absolute Gasteiger partial charge is 0.360 e. The van der Waals surface area contributed by atoms with Crippen molar-refractivity contribution in [2.75, 3.05) is 11.9 Å². The van der Waals surface area contributed by atoms with Crippen molar-refractivity contribution in [1.29, 1.82) is 0 Å². The zero-order valence-electron chi connectivity index (χ0n) is 15.8. The average molecular weight is 398 g/mol. The number of halogens is 1. The maximum atomic E-state index is 12.7. The van der Waals surface area contributed by atoms with Crippen molar-refractivity contribution in [3.05, 3.63) is 69.9 Å². The Balaban J connectivity index is 1.73. The van der Waals surface area contributed by atoms with Crippen molar-refractivity contribution in [3.8, 4) is 11.3 Å². The van der Waals surface area contributed by atoms with Crippen LogP contribution in [-0.2, 0) is 4.79 Å². The van der Waals surface area contributed by atoms with Crippen LogP contribution in [0.25, 0.3) is 11.3 Å². The van der Waals surface area contributed by atoms with Crippen molar-refractivity contribution in [2.45, 2.75) is 20.8 Å². The molecule has 0 aliphatic rings. The summed E-state index contributed by atoms with van der Waals surface area (Å²) < 4.78 is 5.19. The standard InChI is InChI=1S/C21H20ClN3O3/c1-12-7-6-8-13(2)19(12)24-17(26)11-23-21(27)18-14(3)28-25-20(18)15-9-4-5-10-16(15)22/h4-10H,11H2,1-3H3,(H,23,27)(H,24,26). The monoisotopic (exact) mass is 397 g/mol. The minimum Gasteiger partial charge on any atom is -0.360 e. The van der Waals surface area contributed by atoms with Gasteiger partial charge in [0.1, 0.15) is 17.0 Å². The smallest absolute Gasteiger partial charge is 0.257 e. The molecule has 2 amide bonds. The molecule has 0 saturated heterocycles. The van der Waals surface area contributed by atoms with Crippen LogP contribution in [0.5, 0.6) is 0 Å². The van der Waals surface area contributed by atoms with Gasteiger partial charge in [-0.2, -0.15) is 0 Å². The molecule has 0 radical (unpaired) electrons. The number of aryl methyl sites for hydroxylation is 3. The first-order valence-electron chi connectivity index (χ1n) is 8.74. The second-order valence-electron chi connectivity index (χ2n) is 6.44. The first-order chi connectivity index (χ1) is 13.4. The Labute approximate surface area is 167 Å². The van der Waals surface area contributed by atoms with E-state index < -0.39 is 5.91 Å². The number of carbonyl (C=O) groups excluding carboxylic acids is 2. The molecule has 6 nitrogen and oxygen atoms in total. The zero-order valence-corrected chi connectivity index (χ0v) is 16.6. The SMILES string of the molecule is Cc1cccc(C)c1NC(=O)CNC(=O)c1c(-c2ccccc2Cl)noc1C. The number of anilines is 1. The highest BCUT2D eigenvalue weighted by molar-refractivity contribution is 6.33. The molecule has 0 spiro atoms. The lowest BCUT2D eigenvalue weighted by molar-refractivity contribution is -0.115. The number of benzene rings is 2. The fraction of sp³-hybridized carbons (Fsp3) is 0.190. The summed E-state index contributed by atoms with van der Waals surface area (Å²) in [7, 11) is 0. The number of nitrogens with zero attached hydrogens (tertiary/aromatic N) is 1. The molecule has 0 bridgehead atoms. The van der Waals surface area contributed by atoms with Gasteiger partial charge in [-0.1, -0.05) is 53.2 Å². The quantitative estimate of drug-likeness (QED) is 0.672. The number of aromatic nitrogens is 1. The predicted molar refractivity (Wildman–Crippen MR) is 109 cm³/mol. The number of amides is 2. The predicted octanol–water partition coefficient (Wildman–Crippen LogP) is 4.29. The molecule has 1 aromatic heterocycles. The molecule has 0 fully saturated rings. The second kappa shape index (κ2) is 8.27. The minimum atomic E-state index is -0.453. The Morgan fingerprint density at radius 2 is 1.71 bits per heavy atom. The van der Waals surface area contributed by atoms with E-state index in [0.29, 0.717) is 22.0 Å². The van der Waals surface area contributed by atoms with E-state index in [1.165, 1.54) is 0 Å². The van der Waals surface area contributed by atoms with Crippen LogP contribution < -0.4 is 10.6 Å². The summed E-state index contributed by atoms with van der Waals surface area (Å²) in [6.07, 6.45) is 0. The molecule has 3 rings (SSSR count). The van der Waals surface area contributed by atoms with E-state index in [9.17, 15) is 9.59 Å². The molecule has 0 aliphatic heterocycles. The molecule has 0 saturated carbocycles. The maximum absolute atomic E-state index is 12.7. The molecule has 144 valence electrons. The van der Waals surface area contributed by atoms with E-state index in [0.717, 1.165) is 16.8 Å². The maximum Gasteiger partial charge on any atom is 0.257 e. The lowest BCUT2D eigenvalue weighted by Crippen LogP contribution is -2.33. The Morgan fingerprint density at radius 3 is 2.39 bits per heavy atom. The summed E-state index contributed by atoms with van der Waals surface area (Å²) in [4.78, 5) is 25.0. The van der Waals surface area contributed by atoms with Gasteiger partial charge in [0.25, 0.3) is 5.91 Å².